The van der Waals surface area contributed by atoms with Crippen molar-refractivity contribution in [3.8, 4) is 6.07 Å². The first-order valence-electron chi connectivity index (χ1n) is 5.27. The maximum Gasteiger partial charge on any atom is 0.339 e. The molecule has 0 aliphatic carbocycles. The molecule has 6 heteroatoms. The fraction of sp³-hybridized carbons (Fsp3) is 0. The number of nitrogens with zero attached hydrogens (tertiary/aromatic N) is 2. The Hall–Kier alpha value is -2.39. The Kier molecular flexibility index (Phi) is 3.78. The molecule has 0 radical (unpaired) electrons. The third kappa shape index (κ3) is 2.89. The predicted octanol–water partition coefficient (Wildman–Crippen LogP) is 3.16. The fourth-order valence-corrected chi connectivity index (χ4v) is 1.97. The summed E-state index contributed by atoms with van der Waals surface area (Å²) in [6.45, 7) is 0. The first kappa shape index (κ1) is 13.1. The van der Waals surface area contributed by atoms with Crippen LogP contribution in [0.15, 0.2) is 41.0 Å². The SMILES string of the molecule is N#Cc1ccc(Nc2ncccc2C(=O)O)cc1Br. The number of hydrogen-bond donors (Lipinski definition) is 2. The van der Waals surface area contributed by atoms with Gasteiger partial charge in [0.05, 0.1) is 5.56 Å². The number of halogens is 1. The van der Waals surface area contributed by atoms with Gasteiger partial charge >= 0.3 is 5.97 Å². The molecule has 0 spiro atoms. The summed E-state index contributed by atoms with van der Waals surface area (Å²) in [6, 6.07) is 10.1. The molecule has 0 unspecified atom stereocenters. The van der Waals surface area contributed by atoms with Gasteiger partial charge in [-0.2, -0.15) is 5.26 Å². The number of benzene rings is 1. The van der Waals surface area contributed by atoms with Gasteiger partial charge in [0.1, 0.15) is 17.5 Å². The molecule has 0 saturated carbocycles. The van der Waals surface area contributed by atoms with Crippen LogP contribution in [0.2, 0.25) is 0 Å². The molecule has 0 aliphatic rings. The lowest BCUT2D eigenvalue weighted by Crippen LogP contribution is -2.04. The second-order valence-electron chi connectivity index (χ2n) is 3.64. The number of pyridine rings is 1. The van der Waals surface area contributed by atoms with Crippen LogP contribution in [0.5, 0.6) is 0 Å². The maximum absolute atomic E-state index is 11.0. The Balaban J connectivity index is 2.34. The Bertz CT molecular complexity index is 680. The van der Waals surface area contributed by atoms with E-state index in [1.54, 1.807) is 24.3 Å². The molecule has 0 atom stereocenters. The van der Waals surface area contributed by atoms with Crippen molar-refractivity contribution >= 4 is 33.4 Å². The number of carboxylic acids is 1. The molecule has 1 heterocycles. The summed E-state index contributed by atoms with van der Waals surface area (Å²) in [5.41, 5.74) is 1.24. The van der Waals surface area contributed by atoms with Crippen LogP contribution < -0.4 is 5.32 Å². The van der Waals surface area contributed by atoms with Crippen molar-refractivity contribution in [3.63, 3.8) is 0 Å². The highest BCUT2D eigenvalue weighted by atomic mass is 79.9. The van der Waals surface area contributed by atoms with E-state index in [-0.39, 0.29) is 11.4 Å². The molecule has 1 aromatic carbocycles. The Morgan fingerprint density at radius 3 is 2.84 bits per heavy atom. The molecule has 2 aromatic rings. The monoisotopic (exact) mass is 317 g/mol. The van der Waals surface area contributed by atoms with Gasteiger partial charge in [0.15, 0.2) is 0 Å². The average Bonchev–Trinajstić information content (AvgIpc) is 2.39. The van der Waals surface area contributed by atoms with Crippen LogP contribution in [0, 0.1) is 11.3 Å². The Morgan fingerprint density at radius 1 is 1.42 bits per heavy atom. The summed E-state index contributed by atoms with van der Waals surface area (Å²) < 4.78 is 0.632. The van der Waals surface area contributed by atoms with Gasteiger partial charge in [-0.05, 0) is 46.3 Å². The van der Waals surface area contributed by atoms with Gasteiger partial charge in [0, 0.05) is 16.4 Å². The summed E-state index contributed by atoms with van der Waals surface area (Å²) in [5.74, 6) is -0.796. The zero-order chi connectivity index (χ0) is 13.8. The van der Waals surface area contributed by atoms with Crippen molar-refractivity contribution in [1.29, 1.82) is 5.26 Å². The van der Waals surface area contributed by atoms with Crippen LogP contribution in [0.3, 0.4) is 0 Å². The normalized spacial score (nSPS) is 9.68. The third-order valence-electron chi connectivity index (χ3n) is 2.39. The summed E-state index contributed by atoms with van der Waals surface area (Å²) in [6.07, 6.45) is 1.51. The standard InChI is InChI=1S/C13H8BrN3O2/c14-11-6-9(4-3-8(11)7-15)17-12-10(13(18)19)2-1-5-16-12/h1-6H,(H,16,17)(H,18,19). The van der Waals surface area contributed by atoms with E-state index in [1.807, 2.05) is 6.07 Å². The van der Waals surface area contributed by atoms with Crippen molar-refractivity contribution in [2.75, 3.05) is 5.32 Å². The molecule has 94 valence electrons. The van der Waals surface area contributed by atoms with E-state index in [0.717, 1.165) is 0 Å². The van der Waals surface area contributed by atoms with Crippen molar-refractivity contribution in [3.05, 3.63) is 52.1 Å². The first-order chi connectivity index (χ1) is 9.11. The maximum atomic E-state index is 11.0. The van der Waals surface area contributed by atoms with Gasteiger partial charge in [-0.15, -0.1) is 0 Å². The Morgan fingerprint density at radius 2 is 2.21 bits per heavy atom. The molecule has 0 saturated heterocycles. The zero-order valence-electron chi connectivity index (χ0n) is 9.59. The second-order valence-corrected chi connectivity index (χ2v) is 4.49. The van der Waals surface area contributed by atoms with Crippen molar-refractivity contribution in [1.82, 2.24) is 4.98 Å². The fourth-order valence-electron chi connectivity index (χ4n) is 1.50. The average molecular weight is 318 g/mol. The van der Waals surface area contributed by atoms with Gasteiger partial charge in [0.25, 0.3) is 0 Å². The van der Waals surface area contributed by atoms with E-state index < -0.39 is 5.97 Å². The van der Waals surface area contributed by atoms with E-state index >= 15 is 0 Å². The van der Waals surface area contributed by atoms with Gasteiger partial charge in [-0.1, -0.05) is 0 Å². The molecule has 0 amide bonds. The lowest BCUT2D eigenvalue weighted by atomic mass is 10.2. The molecule has 19 heavy (non-hydrogen) atoms. The molecule has 1 aromatic heterocycles. The highest BCUT2D eigenvalue weighted by Gasteiger charge is 2.11. The highest BCUT2D eigenvalue weighted by molar-refractivity contribution is 9.10. The number of rotatable bonds is 3. The minimum atomic E-state index is -1.05. The molecule has 2 N–H and O–H groups in total. The minimum Gasteiger partial charge on any atom is -0.478 e. The van der Waals surface area contributed by atoms with Crippen LogP contribution in [-0.4, -0.2) is 16.1 Å². The molecule has 0 aliphatic heterocycles. The number of anilines is 2. The van der Waals surface area contributed by atoms with E-state index in [1.165, 1.54) is 12.3 Å². The van der Waals surface area contributed by atoms with Crippen LogP contribution in [-0.2, 0) is 0 Å². The smallest absolute Gasteiger partial charge is 0.339 e. The van der Waals surface area contributed by atoms with Crippen molar-refractivity contribution < 1.29 is 9.90 Å². The van der Waals surface area contributed by atoms with Crippen LogP contribution in [0.1, 0.15) is 15.9 Å². The van der Waals surface area contributed by atoms with E-state index in [2.05, 4.69) is 26.2 Å². The number of nitriles is 1. The third-order valence-corrected chi connectivity index (χ3v) is 3.05. The van der Waals surface area contributed by atoms with E-state index in [0.29, 0.717) is 15.7 Å². The van der Waals surface area contributed by atoms with Crippen molar-refractivity contribution in [2.45, 2.75) is 0 Å². The minimum absolute atomic E-state index is 0.0861. The van der Waals surface area contributed by atoms with Gasteiger partial charge < -0.3 is 10.4 Å². The number of hydrogen-bond acceptors (Lipinski definition) is 4. The zero-order valence-corrected chi connectivity index (χ0v) is 11.2. The van der Waals surface area contributed by atoms with E-state index in [9.17, 15) is 4.79 Å². The molecular weight excluding hydrogens is 310 g/mol. The van der Waals surface area contributed by atoms with Gasteiger partial charge in [-0.3, -0.25) is 0 Å². The molecule has 5 nitrogen and oxygen atoms in total. The second kappa shape index (κ2) is 5.50. The lowest BCUT2D eigenvalue weighted by molar-refractivity contribution is 0.0697. The summed E-state index contributed by atoms with van der Waals surface area (Å²) in [5, 5.41) is 20.8. The molecule has 2 rings (SSSR count). The Labute approximate surface area is 117 Å². The topological polar surface area (TPSA) is 86.0 Å². The lowest BCUT2D eigenvalue weighted by Gasteiger charge is -2.08. The van der Waals surface area contributed by atoms with Crippen molar-refractivity contribution in [2.24, 2.45) is 0 Å². The van der Waals surface area contributed by atoms with E-state index in [4.69, 9.17) is 10.4 Å². The number of aromatic carboxylic acids is 1. The molecule has 0 bridgehead atoms. The molecular formula is C13H8BrN3O2. The van der Waals surface area contributed by atoms with Gasteiger partial charge in [-0.25, -0.2) is 9.78 Å². The first-order valence-corrected chi connectivity index (χ1v) is 6.06. The number of carbonyl (C=O) groups is 1. The predicted molar refractivity (Wildman–Crippen MR) is 73.3 cm³/mol. The summed E-state index contributed by atoms with van der Waals surface area (Å²) in [7, 11) is 0. The van der Waals surface area contributed by atoms with Gasteiger partial charge in [0.2, 0.25) is 0 Å². The summed E-state index contributed by atoms with van der Waals surface area (Å²) in [4.78, 5) is 15.0. The summed E-state index contributed by atoms with van der Waals surface area (Å²) >= 11 is 3.27. The number of aromatic nitrogens is 1. The highest BCUT2D eigenvalue weighted by Crippen LogP contribution is 2.24. The largest absolute Gasteiger partial charge is 0.478 e. The molecule has 0 fully saturated rings. The number of carboxylic acid groups (broad SMARTS) is 1. The van der Waals surface area contributed by atoms with Crippen LogP contribution in [0.4, 0.5) is 11.5 Å². The quantitative estimate of drug-likeness (QED) is 0.908. The van der Waals surface area contributed by atoms with Crippen LogP contribution in [0.25, 0.3) is 0 Å². The number of nitrogens with one attached hydrogen (secondary N) is 1. The van der Waals surface area contributed by atoms with Crippen LogP contribution >= 0.6 is 15.9 Å².